The molecule has 5 atom stereocenters. The first kappa shape index (κ1) is 87.1. The molecule has 2 unspecified atom stereocenters. The van der Waals surface area contributed by atoms with Gasteiger partial charge >= 0.3 is 39.5 Å². The number of phosphoric acid groups is 2. The molecule has 0 aromatic rings. The van der Waals surface area contributed by atoms with Crippen LogP contribution in [0.1, 0.15) is 362 Å². The van der Waals surface area contributed by atoms with Gasteiger partial charge in [-0.15, -0.1) is 0 Å². The topological polar surface area (TPSA) is 237 Å². The molecule has 0 spiro atoms. The number of unbranched alkanes of at least 4 members (excludes halogenated alkanes) is 42. The second kappa shape index (κ2) is 63.5. The van der Waals surface area contributed by atoms with E-state index in [1.807, 2.05) is 0 Å². The molecule has 89 heavy (non-hydrogen) atoms. The third kappa shape index (κ3) is 64.6. The molecule has 0 saturated carbocycles. The van der Waals surface area contributed by atoms with E-state index in [2.05, 4.69) is 34.6 Å². The molecule has 0 aliphatic heterocycles. The Bertz CT molecular complexity index is 1720. The van der Waals surface area contributed by atoms with Crippen LogP contribution in [0, 0.1) is 5.92 Å². The molecule has 0 aliphatic rings. The molecule has 0 saturated heterocycles. The summed E-state index contributed by atoms with van der Waals surface area (Å²) in [7, 11) is -9.89. The summed E-state index contributed by atoms with van der Waals surface area (Å²) in [6, 6.07) is 0. The lowest BCUT2D eigenvalue weighted by atomic mass is 10.0. The molecule has 0 aliphatic carbocycles. The Morgan fingerprint density at radius 1 is 0.303 bits per heavy atom. The zero-order valence-electron chi connectivity index (χ0n) is 57.6. The van der Waals surface area contributed by atoms with Gasteiger partial charge in [0.1, 0.15) is 19.3 Å². The van der Waals surface area contributed by atoms with Gasteiger partial charge in [0.2, 0.25) is 0 Å². The van der Waals surface area contributed by atoms with Crippen molar-refractivity contribution in [2.75, 3.05) is 39.6 Å². The summed E-state index contributed by atoms with van der Waals surface area (Å²) in [4.78, 5) is 72.2. The lowest BCUT2D eigenvalue weighted by Crippen LogP contribution is -2.30. The predicted molar refractivity (Wildman–Crippen MR) is 358 cm³/mol. The minimum atomic E-state index is -4.95. The second-order valence-corrected chi connectivity index (χ2v) is 28.7. The average molecular weight is 1310 g/mol. The van der Waals surface area contributed by atoms with Gasteiger partial charge in [-0.05, 0) is 31.6 Å². The molecule has 0 aromatic carbocycles. The maximum absolute atomic E-state index is 13.0. The van der Waals surface area contributed by atoms with Crippen LogP contribution >= 0.6 is 15.6 Å². The smallest absolute Gasteiger partial charge is 0.462 e. The van der Waals surface area contributed by atoms with Crippen LogP contribution in [-0.2, 0) is 65.4 Å². The highest BCUT2D eigenvalue weighted by atomic mass is 31.2. The fourth-order valence-electron chi connectivity index (χ4n) is 10.6. The molecular weight excluding hydrogens is 1170 g/mol. The number of rotatable bonds is 70. The van der Waals surface area contributed by atoms with E-state index in [-0.39, 0.29) is 25.7 Å². The van der Waals surface area contributed by atoms with E-state index in [1.165, 1.54) is 161 Å². The molecule has 17 nitrogen and oxygen atoms in total. The van der Waals surface area contributed by atoms with Crippen LogP contribution in [0.5, 0.6) is 0 Å². The number of aliphatic hydroxyl groups is 1. The quantitative estimate of drug-likeness (QED) is 0.0222. The van der Waals surface area contributed by atoms with Crippen LogP contribution in [0.15, 0.2) is 0 Å². The number of esters is 4. The van der Waals surface area contributed by atoms with Crippen molar-refractivity contribution in [2.45, 2.75) is 380 Å². The van der Waals surface area contributed by atoms with Gasteiger partial charge in [0.25, 0.3) is 0 Å². The van der Waals surface area contributed by atoms with Crippen LogP contribution < -0.4 is 0 Å². The van der Waals surface area contributed by atoms with Gasteiger partial charge in [0.15, 0.2) is 12.2 Å². The number of ether oxygens (including phenoxy) is 4. The second-order valence-electron chi connectivity index (χ2n) is 25.7. The average Bonchev–Trinajstić information content (AvgIpc) is 3.52. The van der Waals surface area contributed by atoms with E-state index >= 15 is 0 Å². The molecule has 19 heteroatoms. The number of aliphatic hydroxyl groups excluding tert-OH is 1. The Labute approximate surface area is 543 Å². The first-order chi connectivity index (χ1) is 43.0. The first-order valence-corrected chi connectivity index (χ1v) is 39.6. The minimum Gasteiger partial charge on any atom is -0.462 e. The standard InChI is InChI=1S/C70H136O17P2/c1-6-9-12-15-18-19-20-21-22-26-29-32-35-40-44-49-54-68(73)81-60-66(87-70(75)56-51-46-41-36-33-30-27-24-23-25-28-31-34-39-42-47-52-63(4)5)62-85-89(78,79)83-58-64(71)57-82-88(76,77)84-61-65(86-69(74)55-50-45-38-17-14-11-8-3)59-80-67(72)53-48-43-37-16-13-10-7-2/h63-66,71H,6-62H2,1-5H3,(H,76,77)(H,78,79)/t64-,65+,66+/m0/s1. The van der Waals surface area contributed by atoms with Crippen molar-refractivity contribution in [3.8, 4) is 0 Å². The van der Waals surface area contributed by atoms with E-state index in [9.17, 15) is 43.2 Å². The maximum Gasteiger partial charge on any atom is 0.472 e. The van der Waals surface area contributed by atoms with Gasteiger partial charge in [-0.1, -0.05) is 311 Å². The number of carbonyl (C=O) groups excluding carboxylic acids is 4. The van der Waals surface area contributed by atoms with Crippen LogP contribution in [0.3, 0.4) is 0 Å². The summed E-state index contributed by atoms with van der Waals surface area (Å²) < 4.78 is 68.0. The maximum atomic E-state index is 13.0. The van der Waals surface area contributed by atoms with Crippen molar-refractivity contribution < 1.29 is 80.2 Å². The van der Waals surface area contributed by atoms with Gasteiger partial charge in [0, 0.05) is 25.7 Å². The van der Waals surface area contributed by atoms with E-state index in [0.29, 0.717) is 25.7 Å². The van der Waals surface area contributed by atoms with E-state index in [0.717, 1.165) is 121 Å². The molecule has 0 rings (SSSR count). The van der Waals surface area contributed by atoms with Crippen LogP contribution in [0.2, 0.25) is 0 Å². The van der Waals surface area contributed by atoms with Crippen LogP contribution in [-0.4, -0.2) is 96.7 Å². The Hall–Kier alpha value is -1.94. The van der Waals surface area contributed by atoms with Gasteiger partial charge in [-0.25, -0.2) is 9.13 Å². The predicted octanol–water partition coefficient (Wildman–Crippen LogP) is 20.1. The van der Waals surface area contributed by atoms with Gasteiger partial charge < -0.3 is 33.8 Å². The molecule has 528 valence electrons. The third-order valence-corrected chi connectivity index (χ3v) is 18.2. The molecule has 0 aromatic heterocycles. The van der Waals surface area contributed by atoms with Crippen LogP contribution in [0.4, 0.5) is 0 Å². The normalized spacial score (nSPS) is 14.1. The molecule has 0 radical (unpaired) electrons. The Balaban J connectivity index is 5.13. The summed E-state index contributed by atoms with van der Waals surface area (Å²) in [6.45, 7) is 7.19. The van der Waals surface area contributed by atoms with Crippen molar-refractivity contribution in [1.29, 1.82) is 0 Å². The fourth-order valence-corrected chi connectivity index (χ4v) is 12.2. The van der Waals surface area contributed by atoms with E-state index in [4.69, 9.17) is 37.0 Å². The lowest BCUT2D eigenvalue weighted by Gasteiger charge is -2.21. The Kier molecular flexibility index (Phi) is 62.1. The number of hydrogen-bond donors (Lipinski definition) is 3. The molecule has 0 heterocycles. The summed E-state index contributed by atoms with van der Waals surface area (Å²) in [5, 5.41) is 10.5. The largest absolute Gasteiger partial charge is 0.472 e. The molecule has 0 bridgehead atoms. The SMILES string of the molecule is CCCCCCCCCCCCCCCCCCC(=O)OC[C@H](COP(=O)(O)OC[C@@H](O)COP(=O)(O)OC[C@@H](COC(=O)CCCCCCCCC)OC(=O)CCCCCCCCC)OC(=O)CCCCCCCCCCCCCCCCCCC(C)C. The zero-order valence-corrected chi connectivity index (χ0v) is 59.4. The number of carbonyl (C=O) groups is 4. The number of phosphoric ester groups is 2. The van der Waals surface area contributed by atoms with Crippen molar-refractivity contribution in [3.63, 3.8) is 0 Å². The number of hydrogen-bond acceptors (Lipinski definition) is 15. The van der Waals surface area contributed by atoms with Crippen molar-refractivity contribution >= 4 is 39.5 Å². The Morgan fingerprint density at radius 2 is 0.517 bits per heavy atom. The highest BCUT2D eigenvalue weighted by Crippen LogP contribution is 2.45. The molecule has 0 amide bonds. The van der Waals surface area contributed by atoms with Crippen LogP contribution in [0.25, 0.3) is 0 Å². The summed E-state index contributed by atoms with van der Waals surface area (Å²) in [5.41, 5.74) is 0. The summed E-state index contributed by atoms with van der Waals surface area (Å²) in [6.07, 6.45) is 50.3. The van der Waals surface area contributed by atoms with E-state index in [1.54, 1.807) is 0 Å². The van der Waals surface area contributed by atoms with Gasteiger partial charge in [0.05, 0.1) is 26.4 Å². The molecule has 0 fully saturated rings. The van der Waals surface area contributed by atoms with Gasteiger partial charge in [-0.3, -0.25) is 37.3 Å². The van der Waals surface area contributed by atoms with Gasteiger partial charge in [-0.2, -0.15) is 0 Å². The minimum absolute atomic E-state index is 0.104. The monoisotopic (exact) mass is 1310 g/mol. The zero-order chi connectivity index (χ0) is 65.6. The third-order valence-electron chi connectivity index (χ3n) is 16.3. The van der Waals surface area contributed by atoms with E-state index < -0.39 is 97.5 Å². The van der Waals surface area contributed by atoms with Crippen molar-refractivity contribution in [3.05, 3.63) is 0 Å². The van der Waals surface area contributed by atoms with Crippen molar-refractivity contribution in [2.24, 2.45) is 5.92 Å². The molecule has 3 N–H and O–H groups in total. The Morgan fingerprint density at radius 3 is 0.764 bits per heavy atom. The highest BCUT2D eigenvalue weighted by Gasteiger charge is 2.30. The highest BCUT2D eigenvalue weighted by molar-refractivity contribution is 7.47. The summed E-state index contributed by atoms with van der Waals surface area (Å²) in [5.74, 6) is -1.32. The fraction of sp³-hybridized carbons (Fsp3) is 0.943. The summed E-state index contributed by atoms with van der Waals surface area (Å²) >= 11 is 0. The van der Waals surface area contributed by atoms with Crippen molar-refractivity contribution in [1.82, 2.24) is 0 Å². The lowest BCUT2D eigenvalue weighted by molar-refractivity contribution is -0.161. The molecular formula is C70H136O17P2. The first-order valence-electron chi connectivity index (χ1n) is 36.6.